The fourth-order valence-electron chi connectivity index (χ4n) is 3.81. The molecule has 2 aliphatic rings. The number of nitrogens with zero attached hydrogens (tertiary/aromatic N) is 1. The normalized spacial score (nSPS) is 21.5. The molecule has 2 aliphatic heterocycles. The summed E-state index contributed by atoms with van der Waals surface area (Å²) in [4.78, 5) is 14.7. The van der Waals surface area contributed by atoms with Crippen molar-refractivity contribution in [3.8, 4) is 5.75 Å². The van der Waals surface area contributed by atoms with Crippen LogP contribution in [-0.4, -0.2) is 22.1 Å². The van der Waals surface area contributed by atoms with Crippen molar-refractivity contribution in [1.29, 1.82) is 0 Å². The van der Waals surface area contributed by atoms with Gasteiger partial charge in [0, 0.05) is 11.7 Å². The highest BCUT2D eigenvalue weighted by atomic mass is 35.5. The maximum absolute atomic E-state index is 12.8. The summed E-state index contributed by atoms with van der Waals surface area (Å²) < 4.78 is 0. The van der Waals surface area contributed by atoms with Crippen LogP contribution >= 0.6 is 23.2 Å². The zero-order chi connectivity index (χ0) is 16.8. The molecule has 0 radical (unpaired) electrons. The van der Waals surface area contributed by atoms with Gasteiger partial charge in [-0.05, 0) is 60.7 Å². The van der Waals surface area contributed by atoms with Gasteiger partial charge in [0.15, 0.2) is 0 Å². The van der Waals surface area contributed by atoms with Crippen LogP contribution in [0.4, 0.5) is 10.5 Å². The number of nitrogens with one attached hydrogen (secondary N) is 1. The average Bonchev–Trinajstić information content (AvgIpc) is 2.86. The van der Waals surface area contributed by atoms with Crippen LogP contribution in [0.1, 0.15) is 30.0 Å². The Bertz CT molecular complexity index is 825. The molecule has 2 heterocycles. The van der Waals surface area contributed by atoms with Gasteiger partial charge in [0.2, 0.25) is 0 Å². The van der Waals surface area contributed by atoms with E-state index in [0.717, 1.165) is 30.4 Å². The first-order valence-electron chi connectivity index (χ1n) is 7.89. The Morgan fingerprint density at radius 1 is 1.12 bits per heavy atom. The Morgan fingerprint density at radius 3 is 2.75 bits per heavy atom. The summed E-state index contributed by atoms with van der Waals surface area (Å²) in [5.74, 6) is 0.279. The number of carbonyl (C=O) groups excluding carboxylic acids is 1. The first kappa shape index (κ1) is 15.6. The van der Waals surface area contributed by atoms with Gasteiger partial charge < -0.3 is 15.3 Å². The zero-order valence-electron chi connectivity index (χ0n) is 12.8. The van der Waals surface area contributed by atoms with E-state index < -0.39 is 0 Å². The minimum absolute atomic E-state index is 0.0575. The lowest BCUT2D eigenvalue weighted by molar-refractivity contribution is 0.179. The Morgan fingerprint density at radius 2 is 1.96 bits per heavy atom. The monoisotopic (exact) mass is 362 g/mol. The molecule has 4 nitrogen and oxygen atoms in total. The van der Waals surface area contributed by atoms with E-state index in [0.29, 0.717) is 15.7 Å². The summed E-state index contributed by atoms with van der Waals surface area (Å²) in [5, 5.41) is 13.5. The molecule has 0 saturated carbocycles. The molecule has 1 saturated heterocycles. The highest BCUT2D eigenvalue weighted by Gasteiger charge is 2.42. The first-order valence-corrected chi connectivity index (χ1v) is 8.64. The molecule has 2 aromatic rings. The van der Waals surface area contributed by atoms with Crippen LogP contribution in [0.2, 0.25) is 10.0 Å². The molecule has 0 spiro atoms. The maximum Gasteiger partial charge on any atom is 0.322 e. The zero-order valence-corrected chi connectivity index (χ0v) is 14.3. The lowest BCUT2D eigenvalue weighted by Crippen LogP contribution is -2.44. The summed E-state index contributed by atoms with van der Waals surface area (Å²) in [5.41, 5.74) is 2.90. The van der Waals surface area contributed by atoms with Crippen molar-refractivity contribution in [1.82, 2.24) is 4.90 Å². The van der Waals surface area contributed by atoms with Crippen molar-refractivity contribution < 1.29 is 9.90 Å². The topological polar surface area (TPSA) is 52.6 Å². The van der Waals surface area contributed by atoms with E-state index in [9.17, 15) is 9.90 Å². The second-order valence-electron chi connectivity index (χ2n) is 6.30. The Kier molecular flexibility index (Phi) is 3.82. The number of aromatic hydroxyl groups is 1. The number of anilines is 1. The van der Waals surface area contributed by atoms with Crippen LogP contribution in [0.25, 0.3) is 0 Å². The summed E-state index contributed by atoms with van der Waals surface area (Å²) in [6.07, 6.45) is 2.68. The van der Waals surface area contributed by atoms with Crippen LogP contribution in [0.5, 0.6) is 5.75 Å². The fraction of sp³-hybridized carbons (Fsp3) is 0.278. The molecule has 0 aromatic heterocycles. The highest BCUT2D eigenvalue weighted by molar-refractivity contribution is 6.42. The number of hydrogen-bond acceptors (Lipinski definition) is 2. The summed E-state index contributed by atoms with van der Waals surface area (Å²) in [7, 11) is 0. The third-order valence-electron chi connectivity index (χ3n) is 4.85. The summed E-state index contributed by atoms with van der Waals surface area (Å²) in [6, 6.07) is 10.6. The third kappa shape index (κ3) is 2.60. The van der Waals surface area contributed by atoms with Crippen LogP contribution in [0.15, 0.2) is 36.4 Å². The fourth-order valence-corrected chi connectivity index (χ4v) is 4.10. The number of urea groups is 1. The molecule has 124 valence electrons. The van der Waals surface area contributed by atoms with Crippen molar-refractivity contribution in [2.45, 2.75) is 31.3 Å². The second-order valence-corrected chi connectivity index (χ2v) is 7.11. The molecule has 2 unspecified atom stereocenters. The van der Waals surface area contributed by atoms with Crippen LogP contribution < -0.4 is 5.32 Å². The van der Waals surface area contributed by atoms with Gasteiger partial charge in [-0.2, -0.15) is 0 Å². The molecule has 2 atom stereocenters. The molecule has 4 rings (SSSR count). The van der Waals surface area contributed by atoms with Gasteiger partial charge in [-0.25, -0.2) is 4.79 Å². The van der Waals surface area contributed by atoms with Gasteiger partial charge >= 0.3 is 6.03 Å². The number of phenolic OH excluding ortho intramolecular Hbond substituents is 1. The SMILES string of the molecule is O=C(Nc1ccc(Cl)c(Cl)c1)N1C2CCC1c1ccc(O)cc1C2. The van der Waals surface area contributed by atoms with Crippen LogP contribution in [0, 0.1) is 0 Å². The second kappa shape index (κ2) is 5.87. The number of rotatable bonds is 1. The minimum atomic E-state index is -0.125. The van der Waals surface area contributed by atoms with E-state index in [1.807, 2.05) is 17.0 Å². The summed E-state index contributed by atoms with van der Waals surface area (Å²) >= 11 is 11.9. The summed E-state index contributed by atoms with van der Waals surface area (Å²) in [6.45, 7) is 0. The minimum Gasteiger partial charge on any atom is -0.508 e. The number of halogens is 2. The van der Waals surface area contributed by atoms with Gasteiger partial charge in [-0.3, -0.25) is 0 Å². The molecule has 1 fully saturated rings. The number of amides is 2. The predicted octanol–water partition coefficient (Wildman–Crippen LogP) is 4.99. The maximum atomic E-state index is 12.8. The van der Waals surface area contributed by atoms with E-state index in [-0.39, 0.29) is 23.9 Å². The smallest absolute Gasteiger partial charge is 0.322 e. The number of phenols is 1. The van der Waals surface area contributed by atoms with Crippen molar-refractivity contribution >= 4 is 34.9 Å². The largest absolute Gasteiger partial charge is 0.508 e. The van der Waals surface area contributed by atoms with E-state index in [1.165, 1.54) is 0 Å². The molecule has 0 aliphatic carbocycles. The van der Waals surface area contributed by atoms with E-state index in [1.54, 1.807) is 24.3 Å². The standard InChI is InChI=1S/C18H16Cl2N2O2/c19-15-5-1-11(9-16(15)20)21-18(24)22-12-2-6-17(22)14-4-3-13(23)8-10(14)7-12/h1,3-5,8-9,12,17,23H,2,6-7H2,(H,21,24). The van der Waals surface area contributed by atoms with Gasteiger partial charge in [0.1, 0.15) is 5.75 Å². The molecule has 2 N–H and O–H groups in total. The molecular weight excluding hydrogens is 347 g/mol. The van der Waals surface area contributed by atoms with Crippen LogP contribution in [-0.2, 0) is 6.42 Å². The van der Waals surface area contributed by atoms with E-state index >= 15 is 0 Å². The average molecular weight is 363 g/mol. The van der Waals surface area contributed by atoms with Gasteiger partial charge in [-0.1, -0.05) is 29.3 Å². The molecule has 6 heteroatoms. The Labute approximate surface area is 150 Å². The first-order chi connectivity index (χ1) is 11.5. The van der Waals surface area contributed by atoms with Gasteiger partial charge in [0.05, 0.1) is 16.1 Å². The van der Waals surface area contributed by atoms with Gasteiger partial charge in [0.25, 0.3) is 0 Å². The van der Waals surface area contributed by atoms with Crippen molar-refractivity contribution in [3.05, 3.63) is 57.6 Å². The lowest BCUT2D eigenvalue weighted by Gasteiger charge is -2.36. The van der Waals surface area contributed by atoms with Crippen molar-refractivity contribution in [2.75, 3.05) is 5.32 Å². The Hall–Kier alpha value is -1.91. The lowest BCUT2D eigenvalue weighted by atomic mass is 9.93. The predicted molar refractivity (Wildman–Crippen MR) is 94.9 cm³/mol. The van der Waals surface area contributed by atoms with E-state index in [2.05, 4.69) is 5.32 Å². The number of benzene rings is 2. The number of fused-ring (bicyclic) bond motifs is 4. The molecule has 2 amide bonds. The van der Waals surface area contributed by atoms with Crippen LogP contribution in [0.3, 0.4) is 0 Å². The molecule has 2 aromatic carbocycles. The molecular formula is C18H16Cl2N2O2. The highest BCUT2D eigenvalue weighted by Crippen LogP contribution is 2.44. The molecule has 2 bridgehead atoms. The quantitative estimate of drug-likeness (QED) is 0.750. The third-order valence-corrected chi connectivity index (χ3v) is 5.59. The number of carbonyl (C=O) groups is 1. The van der Waals surface area contributed by atoms with Crippen molar-refractivity contribution in [3.63, 3.8) is 0 Å². The molecule has 24 heavy (non-hydrogen) atoms. The van der Waals surface area contributed by atoms with Crippen molar-refractivity contribution in [2.24, 2.45) is 0 Å². The Balaban J connectivity index is 1.59. The van der Waals surface area contributed by atoms with E-state index in [4.69, 9.17) is 23.2 Å². The number of hydrogen-bond donors (Lipinski definition) is 2. The van der Waals surface area contributed by atoms with Gasteiger partial charge in [-0.15, -0.1) is 0 Å².